The monoisotopic (exact) mass is 621 g/mol. The second-order valence-electron chi connectivity index (χ2n) is 11.2. The van der Waals surface area contributed by atoms with E-state index in [2.05, 4.69) is 10.6 Å². The number of anilines is 1. The lowest BCUT2D eigenvalue weighted by atomic mass is 9.97. The van der Waals surface area contributed by atoms with E-state index < -0.39 is 53.7 Å². The summed E-state index contributed by atoms with van der Waals surface area (Å²) in [5.74, 6) is -2.05. The summed E-state index contributed by atoms with van der Waals surface area (Å²) in [5, 5.41) is 35.2. The fourth-order valence-electron chi connectivity index (χ4n) is 3.93. The molecule has 4 amide bonds. The van der Waals surface area contributed by atoms with Gasteiger partial charge in [-0.1, -0.05) is 6.07 Å². The summed E-state index contributed by atoms with van der Waals surface area (Å²) in [6.07, 6.45) is -3.49. The van der Waals surface area contributed by atoms with Gasteiger partial charge in [0, 0.05) is 31.5 Å². The van der Waals surface area contributed by atoms with Crippen LogP contribution < -0.4 is 15.4 Å². The molecule has 5 N–H and O–H groups in total. The van der Waals surface area contributed by atoms with Crippen molar-refractivity contribution in [1.29, 1.82) is 0 Å². The van der Waals surface area contributed by atoms with Crippen LogP contribution in [0.3, 0.4) is 0 Å². The van der Waals surface area contributed by atoms with E-state index in [1.54, 1.807) is 26.8 Å². The van der Waals surface area contributed by atoms with Gasteiger partial charge in [0.05, 0.1) is 37.5 Å². The number of benzene rings is 1. The summed E-state index contributed by atoms with van der Waals surface area (Å²) in [7, 11) is 0. The second kappa shape index (κ2) is 15.7. The highest BCUT2D eigenvalue weighted by Crippen LogP contribution is 2.30. The second-order valence-corrected chi connectivity index (χ2v) is 11.2. The Labute approximate surface area is 254 Å². The maximum absolute atomic E-state index is 12.7. The standard InChI is InChI=1S/C29H39N3O12/c1-29(2,3)28(40)43-15-17-4-5-20(44-27-26(39)25(38)19(33)16-42-27)18(14-17)31-22(35)8-10-30-21(34)9-12-41-13-11-32-23(36)6-7-24(32)37/h4-7,14,19,25-27,33,38-39H,8-13,15-16H2,1-3H3,(H,30,34)(H,31,35)/t19-,25+,26-,27+/m1/s1. The maximum Gasteiger partial charge on any atom is 0.311 e. The average molecular weight is 622 g/mol. The van der Waals surface area contributed by atoms with E-state index in [-0.39, 0.29) is 69.7 Å². The summed E-state index contributed by atoms with van der Waals surface area (Å²) in [6.45, 7) is 4.97. The van der Waals surface area contributed by atoms with Crippen LogP contribution >= 0.6 is 0 Å². The van der Waals surface area contributed by atoms with E-state index in [1.165, 1.54) is 24.3 Å². The SMILES string of the molecule is CC(C)(C)C(=O)OCc1ccc(O[C@@H]2OC[C@@H](O)[C@H](O)[C@H]2O)c(NC(=O)CCNC(=O)CCOCCN2C(=O)C=CC2=O)c1. The van der Waals surface area contributed by atoms with Gasteiger partial charge < -0.3 is 44.9 Å². The van der Waals surface area contributed by atoms with Crippen molar-refractivity contribution in [3.8, 4) is 5.75 Å². The number of ether oxygens (including phenoxy) is 4. The van der Waals surface area contributed by atoms with Crippen LogP contribution in [-0.2, 0) is 44.8 Å². The zero-order valence-electron chi connectivity index (χ0n) is 24.8. The number of imide groups is 1. The third kappa shape index (κ3) is 10.1. The smallest absolute Gasteiger partial charge is 0.311 e. The van der Waals surface area contributed by atoms with Gasteiger partial charge in [0.25, 0.3) is 11.8 Å². The molecule has 0 unspecified atom stereocenters. The number of carbonyl (C=O) groups excluding carboxylic acids is 5. The number of nitrogens with one attached hydrogen (secondary N) is 2. The Hall–Kier alpha value is -3.89. The number of hydrogen-bond donors (Lipinski definition) is 5. The van der Waals surface area contributed by atoms with Crippen molar-refractivity contribution in [3.05, 3.63) is 35.9 Å². The molecule has 1 saturated heterocycles. The van der Waals surface area contributed by atoms with Gasteiger partial charge in [0.15, 0.2) is 0 Å². The van der Waals surface area contributed by atoms with Crippen molar-refractivity contribution >= 4 is 35.3 Å². The van der Waals surface area contributed by atoms with E-state index >= 15 is 0 Å². The lowest BCUT2D eigenvalue weighted by Crippen LogP contribution is -2.54. The molecule has 2 aliphatic rings. The van der Waals surface area contributed by atoms with Gasteiger partial charge in [-0.15, -0.1) is 0 Å². The van der Waals surface area contributed by atoms with Crippen molar-refractivity contribution in [2.24, 2.45) is 5.41 Å². The van der Waals surface area contributed by atoms with E-state index in [9.17, 15) is 39.3 Å². The van der Waals surface area contributed by atoms with E-state index in [0.717, 1.165) is 4.90 Å². The Bertz CT molecular complexity index is 1230. The molecule has 4 atom stereocenters. The number of rotatable bonds is 14. The number of aliphatic hydroxyl groups excluding tert-OH is 3. The summed E-state index contributed by atoms with van der Waals surface area (Å²) in [5.41, 5.74) is -0.0441. The predicted molar refractivity (Wildman–Crippen MR) is 152 cm³/mol. The topological polar surface area (TPSA) is 210 Å². The highest BCUT2D eigenvalue weighted by Gasteiger charge is 2.39. The first-order chi connectivity index (χ1) is 20.8. The zero-order chi connectivity index (χ0) is 32.4. The molecule has 0 radical (unpaired) electrons. The lowest BCUT2D eigenvalue weighted by molar-refractivity contribution is -0.241. The summed E-state index contributed by atoms with van der Waals surface area (Å²) in [6, 6.07) is 4.57. The number of esters is 1. The van der Waals surface area contributed by atoms with Crippen molar-refractivity contribution < 1.29 is 58.2 Å². The quantitative estimate of drug-likeness (QED) is 0.0999. The van der Waals surface area contributed by atoms with Gasteiger partial charge in [0.1, 0.15) is 30.7 Å². The van der Waals surface area contributed by atoms with Crippen LogP contribution in [0, 0.1) is 5.41 Å². The number of carbonyl (C=O) groups is 5. The Morgan fingerprint density at radius 2 is 1.70 bits per heavy atom. The van der Waals surface area contributed by atoms with Crippen molar-refractivity contribution in [1.82, 2.24) is 10.2 Å². The minimum absolute atomic E-state index is 0.000650. The molecule has 0 bridgehead atoms. The molecule has 1 aromatic rings. The highest BCUT2D eigenvalue weighted by molar-refractivity contribution is 6.12. The summed E-state index contributed by atoms with van der Waals surface area (Å²) >= 11 is 0. The molecule has 1 aromatic carbocycles. The first-order valence-electron chi connectivity index (χ1n) is 14.1. The fourth-order valence-corrected chi connectivity index (χ4v) is 3.93. The van der Waals surface area contributed by atoms with Gasteiger partial charge in [-0.3, -0.25) is 28.9 Å². The third-order valence-corrected chi connectivity index (χ3v) is 6.51. The molecule has 0 aliphatic carbocycles. The first kappa shape index (κ1) is 34.6. The van der Waals surface area contributed by atoms with Gasteiger partial charge >= 0.3 is 5.97 Å². The average Bonchev–Trinajstić information content (AvgIpc) is 3.28. The molecule has 15 nitrogen and oxygen atoms in total. The Morgan fingerprint density at radius 1 is 1.00 bits per heavy atom. The number of nitrogens with zero attached hydrogens (tertiary/aromatic N) is 1. The van der Waals surface area contributed by atoms with E-state index in [4.69, 9.17) is 18.9 Å². The van der Waals surface area contributed by atoms with Crippen LogP contribution in [0.4, 0.5) is 5.69 Å². The summed E-state index contributed by atoms with van der Waals surface area (Å²) < 4.78 is 21.7. The molecule has 44 heavy (non-hydrogen) atoms. The Balaban J connectivity index is 1.51. The van der Waals surface area contributed by atoms with Crippen LogP contribution in [0.15, 0.2) is 30.4 Å². The molecule has 242 valence electrons. The number of hydrogen-bond acceptors (Lipinski definition) is 12. The first-order valence-corrected chi connectivity index (χ1v) is 14.1. The molecular weight excluding hydrogens is 582 g/mol. The molecule has 1 fully saturated rings. The number of amides is 4. The van der Waals surface area contributed by atoms with Crippen molar-refractivity contribution in [2.45, 2.75) is 64.8 Å². The third-order valence-electron chi connectivity index (χ3n) is 6.51. The van der Waals surface area contributed by atoms with Gasteiger partial charge in [-0.2, -0.15) is 0 Å². The van der Waals surface area contributed by atoms with Gasteiger partial charge in [-0.25, -0.2) is 0 Å². The normalized spacial score (nSPS) is 21.7. The van der Waals surface area contributed by atoms with Crippen LogP contribution in [0.25, 0.3) is 0 Å². The largest absolute Gasteiger partial charge is 0.460 e. The van der Waals surface area contributed by atoms with Crippen molar-refractivity contribution in [3.63, 3.8) is 0 Å². The molecule has 15 heteroatoms. The molecule has 2 heterocycles. The molecule has 0 spiro atoms. The van der Waals surface area contributed by atoms with Crippen molar-refractivity contribution in [2.75, 3.05) is 38.2 Å². The predicted octanol–water partition coefficient (Wildman–Crippen LogP) is -0.630. The van der Waals surface area contributed by atoms with E-state index in [0.29, 0.717) is 5.56 Å². The molecule has 0 aromatic heterocycles. The van der Waals surface area contributed by atoms with Crippen LogP contribution in [-0.4, -0.2) is 107 Å². The van der Waals surface area contributed by atoms with Gasteiger partial charge in [-0.05, 0) is 38.5 Å². The zero-order valence-corrected chi connectivity index (χ0v) is 24.8. The molecule has 0 saturated carbocycles. The Kier molecular flexibility index (Phi) is 12.4. The maximum atomic E-state index is 12.7. The highest BCUT2D eigenvalue weighted by atomic mass is 16.7. The molecule has 3 rings (SSSR count). The lowest BCUT2D eigenvalue weighted by Gasteiger charge is -2.35. The fraction of sp³-hybridized carbons (Fsp3) is 0.552. The van der Waals surface area contributed by atoms with Crippen LogP contribution in [0.1, 0.15) is 39.2 Å². The number of aliphatic hydroxyl groups is 3. The Morgan fingerprint density at radius 3 is 2.39 bits per heavy atom. The molecule has 2 aliphatic heterocycles. The van der Waals surface area contributed by atoms with Gasteiger partial charge in [0.2, 0.25) is 18.1 Å². The van der Waals surface area contributed by atoms with E-state index in [1.807, 2.05) is 0 Å². The van der Waals surface area contributed by atoms with Crippen LogP contribution in [0.2, 0.25) is 0 Å². The minimum atomic E-state index is -1.57. The minimum Gasteiger partial charge on any atom is -0.460 e. The van der Waals surface area contributed by atoms with Crippen LogP contribution in [0.5, 0.6) is 5.75 Å². The molecular formula is C29H39N3O12. The summed E-state index contributed by atoms with van der Waals surface area (Å²) in [4.78, 5) is 61.1.